The van der Waals surface area contributed by atoms with E-state index in [1.807, 2.05) is 11.9 Å². The van der Waals surface area contributed by atoms with Crippen molar-refractivity contribution in [1.82, 2.24) is 15.0 Å². The quantitative estimate of drug-likeness (QED) is 0.668. The van der Waals surface area contributed by atoms with Crippen molar-refractivity contribution < 1.29 is 14.1 Å². The van der Waals surface area contributed by atoms with Crippen molar-refractivity contribution >= 4 is 5.97 Å². The fraction of sp³-hybridized carbons (Fsp3) is 0.700. The number of carbonyl (C=O) groups excluding carboxylic acids is 1. The van der Waals surface area contributed by atoms with Crippen LogP contribution in [0.3, 0.4) is 0 Å². The molecule has 0 atom stereocenters. The number of hydrogen-bond donors (Lipinski definition) is 0. The van der Waals surface area contributed by atoms with Crippen LogP contribution in [0.1, 0.15) is 25.1 Å². The first-order valence-electron chi connectivity index (χ1n) is 5.25. The monoisotopic (exact) mass is 227 g/mol. The maximum absolute atomic E-state index is 11.1. The molecule has 0 bridgehead atoms. The van der Waals surface area contributed by atoms with Gasteiger partial charge in [-0.05, 0) is 14.0 Å². The molecule has 1 rings (SSSR count). The first kappa shape index (κ1) is 12.6. The van der Waals surface area contributed by atoms with Gasteiger partial charge >= 0.3 is 5.97 Å². The summed E-state index contributed by atoms with van der Waals surface area (Å²) in [4.78, 5) is 17.1. The Kier molecular flexibility index (Phi) is 4.91. The van der Waals surface area contributed by atoms with Crippen molar-refractivity contribution in [2.24, 2.45) is 0 Å². The minimum atomic E-state index is -0.182. The van der Waals surface area contributed by atoms with Gasteiger partial charge in [0.15, 0.2) is 5.82 Å². The van der Waals surface area contributed by atoms with Crippen molar-refractivity contribution in [3.05, 3.63) is 11.7 Å². The Morgan fingerprint density at radius 2 is 2.31 bits per heavy atom. The van der Waals surface area contributed by atoms with Gasteiger partial charge in [-0.3, -0.25) is 9.69 Å². The zero-order valence-electron chi connectivity index (χ0n) is 9.89. The van der Waals surface area contributed by atoms with Crippen LogP contribution in [0.4, 0.5) is 0 Å². The summed E-state index contributed by atoms with van der Waals surface area (Å²) in [6, 6.07) is 0. The molecule has 0 saturated heterocycles. The summed E-state index contributed by atoms with van der Waals surface area (Å²) >= 11 is 0. The zero-order valence-corrected chi connectivity index (χ0v) is 9.89. The molecule has 0 aliphatic heterocycles. The van der Waals surface area contributed by atoms with Crippen LogP contribution >= 0.6 is 0 Å². The number of carbonyl (C=O) groups is 1. The first-order chi connectivity index (χ1) is 7.61. The van der Waals surface area contributed by atoms with Crippen LogP contribution < -0.4 is 0 Å². The zero-order chi connectivity index (χ0) is 12.0. The Morgan fingerprint density at radius 3 is 2.88 bits per heavy atom. The minimum absolute atomic E-state index is 0.182. The van der Waals surface area contributed by atoms with Crippen molar-refractivity contribution in [2.75, 3.05) is 20.2 Å². The fourth-order valence-corrected chi connectivity index (χ4v) is 1.24. The normalized spacial score (nSPS) is 10.8. The Hall–Kier alpha value is -1.43. The van der Waals surface area contributed by atoms with E-state index in [4.69, 9.17) is 9.26 Å². The van der Waals surface area contributed by atoms with Crippen molar-refractivity contribution in [3.63, 3.8) is 0 Å². The van der Waals surface area contributed by atoms with E-state index in [0.29, 0.717) is 37.8 Å². The summed E-state index contributed by atoms with van der Waals surface area (Å²) in [5.41, 5.74) is 0. The summed E-state index contributed by atoms with van der Waals surface area (Å²) in [6.45, 7) is 5.15. The van der Waals surface area contributed by atoms with Gasteiger partial charge in [-0.25, -0.2) is 0 Å². The molecule has 1 heterocycles. The van der Waals surface area contributed by atoms with Gasteiger partial charge in [-0.15, -0.1) is 0 Å². The average Bonchev–Trinajstić information content (AvgIpc) is 2.61. The molecular weight excluding hydrogens is 210 g/mol. The smallest absolute Gasteiger partial charge is 0.307 e. The number of rotatable bonds is 6. The highest BCUT2D eigenvalue weighted by molar-refractivity contribution is 5.69. The average molecular weight is 227 g/mol. The van der Waals surface area contributed by atoms with E-state index in [0.717, 1.165) is 0 Å². The highest BCUT2D eigenvalue weighted by atomic mass is 16.5. The van der Waals surface area contributed by atoms with Gasteiger partial charge in [-0.2, -0.15) is 4.98 Å². The van der Waals surface area contributed by atoms with E-state index >= 15 is 0 Å². The lowest BCUT2D eigenvalue weighted by Gasteiger charge is -2.13. The van der Waals surface area contributed by atoms with Gasteiger partial charge in [0, 0.05) is 13.5 Å². The Labute approximate surface area is 94.6 Å². The van der Waals surface area contributed by atoms with E-state index in [2.05, 4.69) is 10.1 Å². The van der Waals surface area contributed by atoms with Crippen molar-refractivity contribution in [3.8, 4) is 0 Å². The van der Waals surface area contributed by atoms with E-state index < -0.39 is 0 Å². The maximum Gasteiger partial charge on any atom is 0.307 e. The fourth-order valence-electron chi connectivity index (χ4n) is 1.24. The van der Waals surface area contributed by atoms with E-state index in [9.17, 15) is 4.79 Å². The summed E-state index contributed by atoms with van der Waals surface area (Å²) in [5.74, 6) is 0.997. The Balaban J connectivity index is 2.25. The number of hydrogen-bond acceptors (Lipinski definition) is 6. The van der Waals surface area contributed by atoms with Gasteiger partial charge in [0.1, 0.15) is 0 Å². The molecule has 0 saturated carbocycles. The van der Waals surface area contributed by atoms with Gasteiger partial charge in [0.25, 0.3) is 0 Å². The largest absolute Gasteiger partial charge is 0.466 e. The highest BCUT2D eigenvalue weighted by Gasteiger charge is 2.08. The maximum atomic E-state index is 11.1. The summed E-state index contributed by atoms with van der Waals surface area (Å²) in [6.07, 6.45) is 0.376. The molecule has 0 aliphatic carbocycles. The summed E-state index contributed by atoms with van der Waals surface area (Å²) in [5, 5.41) is 3.78. The third-order valence-electron chi connectivity index (χ3n) is 1.98. The summed E-state index contributed by atoms with van der Waals surface area (Å²) < 4.78 is 9.68. The highest BCUT2D eigenvalue weighted by Crippen LogP contribution is 2.00. The lowest BCUT2D eigenvalue weighted by molar-refractivity contribution is -0.143. The predicted octanol–water partition coefficient (Wildman–Crippen LogP) is 0.763. The van der Waals surface area contributed by atoms with Gasteiger partial charge in [-0.1, -0.05) is 5.16 Å². The SMILES string of the molecule is CCOC(=O)CCN(C)Cc1noc(C)n1. The number of esters is 1. The van der Waals surface area contributed by atoms with Crippen LogP contribution in [0.25, 0.3) is 0 Å². The molecule has 0 radical (unpaired) electrons. The second-order valence-corrected chi connectivity index (χ2v) is 3.52. The van der Waals surface area contributed by atoms with E-state index in [1.54, 1.807) is 13.8 Å². The lowest BCUT2D eigenvalue weighted by Crippen LogP contribution is -2.22. The molecule has 0 aromatic carbocycles. The van der Waals surface area contributed by atoms with Crippen LogP contribution in [0, 0.1) is 6.92 Å². The Morgan fingerprint density at radius 1 is 1.56 bits per heavy atom. The molecule has 16 heavy (non-hydrogen) atoms. The first-order valence-corrected chi connectivity index (χ1v) is 5.25. The number of ether oxygens (including phenoxy) is 1. The number of aromatic nitrogens is 2. The van der Waals surface area contributed by atoms with Crippen LogP contribution in [0.2, 0.25) is 0 Å². The molecule has 0 fully saturated rings. The van der Waals surface area contributed by atoms with Gasteiger partial charge in [0.2, 0.25) is 5.89 Å². The van der Waals surface area contributed by atoms with Crippen LogP contribution in [-0.4, -0.2) is 41.2 Å². The molecule has 1 aromatic rings. The topological polar surface area (TPSA) is 68.5 Å². The summed E-state index contributed by atoms with van der Waals surface area (Å²) in [7, 11) is 1.89. The molecular formula is C10H17N3O3. The second kappa shape index (κ2) is 6.22. The van der Waals surface area contributed by atoms with E-state index in [-0.39, 0.29) is 5.97 Å². The third kappa shape index (κ3) is 4.39. The lowest BCUT2D eigenvalue weighted by atomic mass is 10.4. The predicted molar refractivity (Wildman–Crippen MR) is 56.6 cm³/mol. The molecule has 0 amide bonds. The van der Waals surface area contributed by atoms with Gasteiger partial charge < -0.3 is 9.26 Å². The van der Waals surface area contributed by atoms with Crippen LogP contribution in [0.5, 0.6) is 0 Å². The number of aryl methyl sites for hydroxylation is 1. The molecule has 0 aliphatic rings. The van der Waals surface area contributed by atoms with Crippen molar-refractivity contribution in [2.45, 2.75) is 26.8 Å². The van der Waals surface area contributed by atoms with E-state index in [1.165, 1.54) is 0 Å². The Bertz CT molecular complexity index is 338. The minimum Gasteiger partial charge on any atom is -0.466 e. The third-order valence-corrected chi connectivity index (χ3v) is 1.98. The second-order valence-electron chi connectivity index (χ2n) is 3.52. The molecule has 6 heteroatoms. The van der Waals surface area contributed by atoms with Gasteiger partial charge in [0.05, 0.1) is 19.6 Å². The standard InChI is InChI=1S/C10H17N3O3/c1-4-15-10(14)5-6-13(3)7-9-11-8(2)16-12-9/h4-7H2,1-3H3. The molecule has 90 valence electrons. The van der Waals surface area contributed by atoms with Crippen LogP contribution in [0.15, 0.2) is 4.52 Å². The molecule has 6 nitrogen and oxygen atoms in total. The molecule has 0 N–H and O–H groups in total. The van der Waals surface area contributed by atoms with Crippen LogP contribution in [-0.2, 0) is 16.1 Å². The number of nitrogens with zero attached hydrogens (tertiary/aromatic N) is 3. The molecule has 0 spiro atoms. The van der Waals surface area contributed by atoms with Crippen molar-refractivity contribution in [1.29, 1.82) is 0 Å². The molecule has 1 aromatic heterocycles. The molecule has 0 unspecified atom stereocenters.